The van der Waals surface area contributed by atoms with E-state index in [-0.39, 0.29) is 5.56 Å². The van der Waals surface area contributed by atoms with Gasteiger partial charge in [0.15, 0.2) is 5.82 Å². The maximum absolute atomic E-state index is 11.6. The van der Waals surface area contributed by atoms with E-state index in [1.807, 2.05) is 0 Å². The van der Waals surface area contributed by atoms with Gasteiger partial charge in [-0.1, -0.05) is 6.92 Å². The maximum Gasteiger partial charge on any atom is 0.290 e. The van der Waals surface area contributed by atoms with Crippen molar-refractivity contribution in [1.82, 2.24) is 14.9 Å². The van der Waals surface area contributed by atoms with Gasteiger partial charge in [0, 0.05) is 31.5 Å². The summed E-state index contributed by atoms with van der Waals surface area (Å²) in [6.45, 7) is 3.97. The highest BCUT2D eigenvalue weighted by atomic mass is 16.1. The second-order valence-electron chi connectivity index (χ2n) is 4.66. The molecule has 0 bridgehead atoms. The van der Waals surface area contributed by atoms with Gasteiger partial charge < -0.3 is 14.8 Å². The molecule has 88 valence electrons. The molecule has 0 radical (unpaired) electrons. The van der Waals surface area contributed by atoms with Crippen LogP contribution in [-0.2, 0) is 0 Å². The molecule has 2 atom stereocenters. The minimum atomic E-state index is -0.103. The van der Waals surface area contributed by atoms with Crippen molar-refractivity contribution in [3.8, 4) is 0 Å². The largest absolute Gasteiger partial charge is 0.350 e. The fourth-order valence-corrected chi connectivity index (χ4v) is 2.36. The minimum Gasteiger partial charge on any atom is -0.350 e. The van der Waals surface area contributed by atoms with Crippen molar-refractivity contribution in [3.63, 3.8) is 0 Å². The van der Waals surface area contributed by atoms with Crippen molar-refractivity contribution < 1.29 is 0 Å². The summed E-state index contributed by atoms with van der Waals surface area (Å²) in [6, 6.07) is 0.487. The molecule has 2 heterocycles. The van der Waals surface area contributed by atoms with E-state index in [1.165, 1.54) is 0 Å². The Hall–Kier alpha value is -1.36. The number of H-pyrrole nitrogens is 1. The molecule has 5 nitrogen and oxygen atoms in total. The number of hydrogen-bond donors (Lipinski definition) is 1. The van der Waals surface area contributed by atoms with Crippen molar-refractivity contribution >= 4 is 5.82 Å². The lowest BCUT2D eigenvalue weighted by Crippen LogP contribution is -2.35. The first-order valence-corrected chi connectivity index (χ1v) is 5.54. The Labute approximate surface area is 95.1 Å². The summed E-state index contributed by atoms with van der Waals surface area (Å²) in [7, 11) is 4.15. The van der Waals surface area contributed by atoms with Crippen molar-refractivity contribution in [3.05, 3.63) is 22.7 Å². The van der Waals surface area contributed by atoms with Crippen molar-refractivity contribution in [2.45, 2.75) is 13.0 Å². The molecule has 1 aliphatic rings. The Kier molecular flexibility index (Phi) is 2.96. The van der Waals surface area contributed by atoms with Gasteiger partial charge in [-0.3, -0.25) is 4.79 Å². The van der Waals surface area contributed by atoms with Gasteiger partial charge in [-0.2, -0.15) is 0 Å². The quantitative estimate of drug-likeness (QED) is 0.774. The van der Waals surface area contributed by atoms with E-state index in [4.69, 9.17) is 0 Å². The predicted octanol–water partition coefficient (Wildman–Crippen LogP) is 0.156. The Morgan fingerprint density at radius 2 is 2.25 bits per heavy atom. The van der Waals surface area contributed by atoms with Crippen LogP contribution in [0.15, 0.2) is 17.2 Å². The zero-order chi connectivity index (χ0) is 11.7. The normalized spacial score (nSPS) is 25.4. The molecule has 1 aliphatic heterocycles. The number of anilines is 1. The van der Waals surface area contributed by atoms with Gasteiger partial charge in [0.1, 0.15) is 0 Å². The molecule has 1 saturated heterocycles. The van der Waals surface area contributed by atoms with E-state index in [9.17, 15) is 4.79 Å². The standard InChI is InChI=1S/C11H18N4O/c1-8-6-15(7-9(8)14(2)3)10-11(16)13-5-4-12-10/h4-5,8-9H,6-7H2,1-3H3,(H,13,16). The van der Waals surface area contributed by atoms with E-state index in [2.05, 4.69) is 40.8 Å². The lowest BCUT2D eigenvalue weighted by atomic mass is 10.1. The first kappa shape index (κ1) is 11.1. The molecular weight excluding hydrogens is 204 g/mol. The summed E-state index contributed by atoms with van der Waals surface area (Å²) in [5.41, 5.74) is -0.103. The summed E-state index contributed by atoms with van der Waals surface area (Å²) in [4.78, 5) is 22.7. The second-order valence-corrected chi connectivity index (χ2v) is 4.66. The molecule has 0 aliphatic carbocycles. The molecule has 1 N–H and O–H groups in total. The van der Waals surface area contributed by atoms with E-state index in [1.54, 1.807) is 12.4 Å². The van der Waals surface area contributed by atoms with Crippen LogP contribution in [0.3, 0.4) is 0 Å². The zero-order valence-electron chi connectivity index (χ0n) is 9.97. The second kappa shape index (κ2) is 4.25. The Morgan fingerprint density at radius 3 is 2.81 bits per heavy atom. The number of aromatic amines is 1. The van der Waals surface area contributed by atoms with Crippen LogP contribution < -0.4 is 10.5 Å². The van der Waals surface area contributed by atoms with Crippen LogP contribution in [0.1, 0.15) is 6.92 Å². The summed E-state index contributed by atoms with van der Waals surface area (Å²) >= 11 is 0. The Morgan fingerprint density at radius 1 is 1.50 bits per heavy atom. The molecular formula is C11H18N4O. The molecule has 2 rings (SSSR count). The van der Waals surface area contributed by atoms with Gasteiger partial charge in [0.25, 0.3) is 5.56 Å². The highest BCUT2D eigenvalue weighted by molar-refractivity contribution is 5.37. The van der Waals surface area contributed by atoms with E-state index in [0.29, 0.717) is 17.8 Å². The average Bonchev–Trinajstić information content (AvgIpc) is 2.61. The fourth-order valence-electron chi connectivity index (χ4n) is 2.36. The number of aromatic nitrogens is 2. The molecule has 1 aromatic rings. The van der Waals surface area contributed by atoms with Gasteiger partial charge in [-0.25, -0.2) is 4.98 Å². The summed E-state index contributed by atoms with van der Waals surface area (Å²) in [5.74, 6) is 1.09. The highest BCUT2D eigenvalue weighted by Gasteiger charge is 2.32. The van der Waals surface area contributed by atoms with Gasteiger partial charge in [0.2, 0.25) is 0 Å². The highest BCUT2D eigenvalue weighted by Crippen LogP contribution is 2.22. The molecule has 0 spiro atoms. The molecule has 0 amide bonds. The van der Waals surface area contributed by atoms with E-state index in [0.717, 1.165) is 13.1 Å². The number of nitrogens with zero attached hydrogens (tertiary/aromatic N) is 3. The van der Waals surface area contributed by atoms with Crippen LogP contribution in [-0.4, -0.2) is 48.1 Å². The van der Waals surface area contributed by atoms with Crippen LogP contribution in [0.25, 0.3) is 0 Å². The summed E-state index contributed by atoms with van der Waals surface area (Å²) < 4.78 is 0. The van der Waals surface area contributed by atoms with Gasteiger partial charge in [-0.05, 0) is 20.0 Å². The number of nitrogens with one attached hydrogen (secondary N) is 1. The van der Waals surface area contributed by atoms with Crippen LogP contribution in [0, 0.1) is 5.92 Å². The Balaban J connectivity index is 2.20. The smallest absolute Gasteiger partial charge is 0.290 e. The summed E-state index contributed by atoms with van der Waals surface area (Å²) in [6.07, 6.45) is 3.19. The monoisotopic (exact) mass is 222 g/mol. The lowest BCUT2D eigenvalue weighted by Gasteiger charge is -2.22. The fraction of sp³-hybridized carbons (Fsp3) is 0.636. The van der Waals surface area contributed by atoms with E-state index >= 15 is 0 Å². The molecule has 2 unspecified atom stereocenters. The number of hydrogen-bond acceptors (Lipinski definition) is 4. The van der Waals surface area contributed by atoms with Crippen molar-refractivity contribution in [2.75, 3.05) is 32.1 Å². The number of rotatable bonds is 2. The number of likely N-dealkylation sites (N-methyl/N-ethyl adjacent to an activating group) is 1. The minimum absolute atomic E-state index is 0.103. The zero-order valence-corrected chi connectivity index (χ0v) is 9.97. The van der Waals surface area contributed by atoms with Gasteiger partial charge >= 0.3 is 0 Å². The maximum atomic E-state index is 11.6. The average molecular weight is 222 g/mol. The van der Waals surface area contributed by atoms with Crippen LogP contribution in [0.2, 0.25) is 0 Å². The van der Waals surface area contributed by atoms with Crippen molar-refractivity contribution in [1.29, 1.82) is 0 Å². The molecule has 0 aromatic carbocycles. The SMILES string of the molecule is CC1CN(c2ncc[nH]c2=O)CC1N(C)C. The third-order valence-corrected chi connectivity index (χ3v) is 3.22. The van der Waals surface area contributed by atoms with Crippen LogP contribution >= 0.6 is 0 Å². The topological polar surface area (TPSA) is 52.2 Å². The lowest BCUT2D eigenvalue weighted by molar-refractivity contribution is 0.266. The molecule has 16 heavy (non-hydrogen) atoms. The first-order valence-electron chi connectivity index (χ1n) is 5.54. The van der Waals surface area contributed by atoms with Gasteiger partial charge in [0.05, 0.1) is 0 Å². The molecule has 1 fully saturated rings. The molecule has 0 saturated carbocycles. The van der Waals surface area contributed by atoms with Crippen LogP contribution in [0.5, 0.6) is 0 Å². The Bertz CT molecular complexity index is 414. The first-order chi connectivity index (χ1) is 7.59. The summed E-state index contributed by atoms with van der Waals surface area (Å²) in [5, 5.41) is 0. The van der Waals surface area contributed by atoms with Crippen molar-refractivity contribution in [2.24, 2.45) is 5.92 Å². The van der Waals surface area contributed by atoms with Crippen LogP contribution in [0.4, 0.5) is 5.82 Å². The molecule has 1 aromatic heterocycles. The van der Waals surface area contributed by atoms with Gasteiger partial charge in [-0.15, -0.1) is 0 Å². The third-order valence-electron chi connectivity index (χ3n) is 3.22. The molecule has 5 heteroatoms. The predicted molar refractivity (Wildman–Crippen MR) is 63.7 cm³/mol. The van der Waals surface area contributed by atoms with E-state index < -0.39 is 0 Å². The third kappa shape index (κ3) is 1.95.